The van der Waals surface area contributed by atoms with Crippen LogP contribution in [0.25, 0.3) is 0 Å². The van der Waals surface area contributed by atoms with E-state index in [1.165, 1.54) is 327 Å². The Kier molecular flexibility index (Phi) is 66.4. The van der Waals surface area contributed by atoms with Crippen LogP contribution in [0, 0.1) is 0 Å². The molecular formula is C72H139NO5. The Morgan fingerprint density at radius 3 is 0.910 bits per heavy atom. The maximum Gasteiger partial charge on any atom is 0.305 e. The molecule has 0 aliphatic heterocycles. The van der Waals surface area contributed by atoms with E-state index in [0.29, 0.717) is 19.4 Å². The lowest BCUT2D eigenvalue weighted by atomic mass is 10.0. The Morgan fingerprint density at radius 1 is 0.346 bits per heavy atom. The smallest absolute Gasteiger partial charge is 0.305 e. The second-order valence-electron chi connectivity index (χ2n) is 24.6. The summed E-state index contributed by atoms with van der Waals surface area (Å²) < 4.78 is 5.50. The number of aliphatic hydroxyl groups is 2. The van der Waals surface area contributed by atoms with E-state index in [0.717, 1.165) is 44.9 Å². The molecule has 6 heteroatoms. The zero-order valence-corrected chi connectivity index (χ0v) is 52.9. The number of amides is 1. The van der Waals surface area contributed by atoms with Gasteiger partial charge in [0.25, 0.3) is 0 Å². The van der Waals surface area contributed by atoms with E-state index in [1.54, 1.807) is 6.08 Å². The van der Waals surface area contributed by atoms with Crippen molar-refractivity contribution in [2.75, 3.05) is 13.2 Å². The van der Waals surface area contributed by atoms with E-state index in [1.807, 2.05) is 6.08 Å². The lowest BCUT2D eigenvalue weighted by molar-refractivity contribution is -0.143. The van der Waals surface area contributed by atoms with Gasteiger partial charge in [0.1, 0.15) is 0 Å². The van der Waals surface area contributed by atoms with Crippen LogP contribution in [0.15, 0.2) is 24.3 Å². The van der Waals surface area contributed by atoms with E-state index in [4.69, 9.17) is 4.74 Å². The summed E-state index contributed by atoms with van der Waals surface area (Å²) >= 11 is 0. The number of rotatable bonds is 67. The van der Waals surface area contributed by atoms with Gasteiger partial charge in [-0.1, -0.05) is 353 Å². The van der Waals surface area contributed by atoms with Crippen molar-refractivity contribution in [1.29, 1.82) is 0 Å². The summed E-state index contributed by atoms with van der Waals surface area (Å²) in [5.41, 5.74) is 0. The highest BCUT2D eigenvalue weighted by Crippen LogP contribution is 2.19. The number of allylic oxidation sites excluding steroid dienone is 3. The van der Waals surface area contributed by atoms with E-state index in [-0.39, 0.29) is 18.5 Å². The van der Waals surface area contributed by atoms with Crippen molar-refractivity contribution in [1.82, 2.24) is 5.32 Å². The molecule has 2 unspecified atom stereocenters. The van der Waals surface area contributed by atoms with Crippen molar-refractivity contribution in [3.8, 4) is 0 Å². The largest absolute Gasteiger partial charge is 0.466 e. The van der Waals surface area contributed by atoms with Crippen LogP contribution in [0.2, 0.25) is 0 Å². The molecule has 0 bridgehead atoms. The average molecular weight is 1100 g/mol. The maximum atomic E-state index is 12.5. The van der Waals surface area contributed by atoms with Crippen molar-refractivity contribution in [3.05, 3.63) is 24.3 Å². The number of aliphatic hydroxyl groups excluding tert-OH is 2. The molecule has 0 radical (unpaired) electrons. The van der Waals surface area contributed by atoms with Crippen LogP contribution in [0.1, 0.15) is 399 Å². The van der Waals surface area contributed by atoms with E-state index < -0.39 is 12.1 Å². The molecule has 0 spiro atoms. The number of nitrogens with one attached hydrogen (secondary N) is 1. The third kappa shape index (κ3) is 63.5. The minimum absolute atomic E-state index is 0.0153. The number of carbonyl (C=O) groups is 2. The third-order valence-electron chi connectivity index (χ3n) is 16.7. The second kappa shape index (κ2) is 67.8. The van der Waals surface area contributed by atoms with Gasteiger partial charge in [0.2, 0.25) is 5.91 Å². The molecule has 0 aromatic rings. The van der Waals surface area contributed by atoms with Crippen molar-refractivity contribution in [2.45, 2.75) is 411 Å². The zero-order chi connectivity index (χ0) is 56.4. The number of unbranched alkanes of at least 4 members (excludes halogenated alkanes) is 54. The van der Waals surface area contributed by atoms with Gasteiger partial charge < -0.3 is 20.3 Å². The molecule has 0 saturated heterocycles. The van der Waals surface area contributed by atoms with Crippen LogP contribution < -0.4 is 5.32 Å². The lowest BCUT2D eigenvalue weighted by Gasteiger charge is -2.20. The van der Waals surface area contributed by atoms with Gasteiger partial charge in [-0.15, -0.1) is 0 Å². The molecule has 78 heavy (non-hydrogen) atoms. The standard InChI is InChI=1S/C72H139NO5/c1-3-5-7-9-11-13-15-17-19-21-22-23-27-30-33-36-40-44-48-52-56-60-64-70(75)69(68-74)73-71(76)65-61-57-53-49-45-41-37-34-31-28-25-24-26-29-32-35-39-43-47-51-55-59-63-67-78-72(77)66-62-58-54-50-46-42-38-20-18-16-14-12-10-8-6-4-2/h28,31,60,64,69-70,74-75H,3-27,29-30,32-59,61-63,65-68H2,1-2H3,(H,73,76)/b31-28-,64-60+. The quantitative estimate of drug-likeness (QED) is 0.0320. The Balaban J connectivity index is 3.42. The Morgan fingerprint density at radius 2 is 0.603 bits per heavy atom. The molecule has 0 aromatic carbocycles. The topological polar surface area (TPSA) is 95.9 Å². The summed E-state index contributed by atoms with van der Waals surface area (Å²) in [5, 5.41) is 23.3. The summed E-state index contributed by atoms with van der Waals surface area (Å²) in [7, 11) is 0. The zero-order valence-electron chi connectivity index (χ0n) is 52.9. The van der Waals surface area contributed by atoms with Crippen LogP contribution in [0.3, 0.4) is 0 Å². The summed E-state index contributed by atoms with van der Waals surface area (Å²) in [6, 6.07) is -0.633. The highest BCUT2D eigenvalue weighted by atomic mass is 16.5. The second-order valence-corrected chi connectivity index (χ2v) is 24.6. The van der Waals surface area contributed by atoms with E-state index in [9.17, 15) is 19.8 Å². The molecule has 0 aliphatic rings. The van der Waals surface area contributed by atoms with Crippen LogP contribution in [-0.4, -0.2) is 47.4 Å². The molecule has 2 atom stereocenters. The van der Waals surface area contributed by atoms with Crippen LogP contribution >= 0.6 is 0 Å². The highest BCUT2D eigenvalue weighted by Gasteiger charge is 2.18. The van der Waals surface area contributed by atoms with Crippen LogP contribution in [0.4, 0.5) is 0 Å². The molecule has 0 saturated carbocycles. The molecule has 0 aliphatic carbocycles. The van der Waals surface area contributed by atoms with Crippen molar-refractivity contribution < 1.29 is 24.5 Å². The SMILES string of the molecule is CCCCCCCCCCCCCCCCCCCCCC/C=C/C(O)C(CO)NC(=O)CCCCCCCCC/C=C\CCCCCCCCCCCCCCOC(=O)CCCCCCCCCCCCCCCCCC. The number of ether oxygens (including phenoxy) is 1. The predicted molar refractivity (Wildman–Crippen MR) is 343 cm³/mol. The van der Waals surface area contributed by atoms with Gasteiger partial charge in [-0.3, -0.25) is 9.59 Å². The van der Waals surface area contributed by atoms with E-state index >= 15 is 0 Å². The van der Waals surface area contributed by atoms with Crippen LogP contribution in [0.5, 0.6) is 0 Å². The minimum atomic E-state index is -0.849. The van der Waals surface area contributed by atoms with Gasteiger partial charge in [0.15, 0.2) is 0 Å². The summed E-state index contributed by atoms with van der Waals surface area (Å²) in [6.07, 6.45) is 85.4. The fourth-order valence-electron chi connectivity index (χ4n) is 11.3. The monoisotopic (exact) mass is 1100 g/mol. The van der Waals surface area contributed by atoms with Gasteiger partial charge >= 0.3 is 5.97 Å². The molecular weight excluding hydrogens is 959 g/mol. The molecule has 3 N–H and O–H groups in total. The molecule has 0 fully saturated rings. The first kappa shape index (κ1) is 76.3. The molecule has 0 heterocycles. The number of hydrogen-bond donors (Lipinski definition) is 3. The molecule has 1 amide bonds. The molecule has 0 rings (SSSR count). The number of hydrogen-bond acceptors (Lipinski definition) is 5. The minimum Gasteiger partial charge on any atom is -0.466 e. The van der Waals surface area contributed by atoms with Crippen molar-refractivity contribution >= 4 is 11.9 Å². The predicted octanol–water partition coefficient (Wildman–Crippen LogP) is 22.9. The van der Waals surface area contributed by atoms with Gasteiger partial charge in [-0.05, 0) is 57.8 Å². The first-order chi connectivity index (χ1) is 38.5. The first-order valence-electron chi connectivity index (χ1n) is 35.6. The van der Waals surface area contributed by atoms with Gasteiger partial charge in [-0.2, -0.15) is 0 Å². The molecule has 6 nitrogen and oxygen atoms in total. The Hall–Kier alpha value is -1.66. The summed E-state index contributed by atoms with van der Waals surface area (Å²) in [5.74, 6) is -0.0548. The van der Waals surface area contributed by atoms with Gasteiger partial charge in [0.05, 0.1) is 25.4 Å². The average Bonchev–Trinajstić information content (AvgIpc) is 3.44. The van der Waals surface area contributed by atoms with Crippen LogP contribution in [-0.2, 0) is 14.3 Å². The summed E-state index contributed by atoms with van der Waals surface area (Å²) in [6.45, 7) is 4.94. The Labute approximate surface area is 488 Å². The first-order valence-corrected chi connectivity index (χ1v) is 35.6. The Bertz CT molecular complexity index is 1220. The lowest BCUT2D eigenvalue weighted by Crippen LogP contribution is -2.45. The van der Waals surface area contributed by atoms with Gasteiger partial charge in [0, 0.05) is 12.8 Å². The number of carbonyl (C=O) groups excluding carboxylic acids is 2. The van der Waals surface area contributed by atoms with E-state index in [2.05, 4.69) is 31.3 Å². The third-order valence-corrected chi connectivity index (χ3v) is 16.7. The molecule has 0 aromatic heterocycles. The normalized spacial score (nSPS) is 12.6. The number of esters is 1. The van der Waals surface area contributed by atoms with Crippen molar-refractivity contribution in [3.63, 3.8) is 0 Å². The van der Waals surface area contributed by atoms with Crippen molar-refractivity contribution in [2.24, 2.45) is 0 Å². The summed E-state index contributed by atoms with van der Waals surface area (Å²) in [4.78, 5) is 24.6. The fraction of sp³-hybridized carbons (Fsp3) is 0.917. The fourth-order valence-corrected chi connectivity index (χ4v) is 11.3. The molecule has 462 valence electrons. The van der Waals surface area contributed by atoms with Gasteiger partial charge in [-0.25, -0.2) is 0 Å². The highest BCUT2D eigenvalue weighted by molar-refractivity contribution is 5.76. The maximum absolute atomic E-state index is 12.5.